The van der Waals surface area contributed by atoms with Gasteiger partial charge in [0.05, 0.1) is 31.0 Å². The summed E-state index contributed by atoms with van der Waals surface area (Å²) in [7, 11) is 0. The number of hydrogen-bond acceptors (Lipinski definition) is 5. The lowest BCUT2D eigenvalue weighted by atomic mass is 9.96. The highest BCUT2D eigenvalue weighted by Crippen LogP contribution is 2.41. The van der Waals surface area contributed by atoms with Gasteiger partial charge in [-0.1, -0.05) is 18.2 Å². The molecule has 2 N–H and O–H groups in total. The smallest absolute Gasteiger partial charge is 0.226 e. The molecule has 2 saturated heterocycles. The van der Waals surface area contributed by atoms with Crippen molar-refractivity contribution in [1.82, 2.24) is 24.7 Å². The molecule has 2 aliphatic rings. The molecular weight excluding hydrogens is 532 g/mol. The number of anilines is 1. The van der Waals surface area contributed by atoms with Crippen molar-refractivity contribution >= 4 is 28.9 Å². The number of nitrogens with one attached hydrogen (secondary N) is 2. The molecule has 0 radical (unpaired) electrons. The molecule has 41 heavy (non-hydrogen) atoms. The normalized spacial score (nSPS) is 19.4. The van der Waals surface area contributed by atoms with Crippen LogP contribution in [-0.4, -0.2) is 69.8 Å². The summed E-state index contributed by atoms with van der Waals surface area (Å²) in [6, 6.07) is 14.2. The standard InChI is InChI=1S/C32H42N6O2S/c1-22-9-10-23(2)28(20-22)34-29(39)11-15-38-31(30(35-32(38)41)27-8-5-6-12-33-27)26-21-24(3)37(25(26)4)14-7-13-36-16-18-40-19-17-36/h5-6,8-10,12,20-21,30-31H,7,11,13-19H2,1-4H3,(H,34,39)(H,35,41)/t30-,31+/m1/s1. The van der Waals surface area contributed by atoms with Crippen molar-refractivity contribution in [1.29, 1.82) is 0 Å². The van der Waals surface area contributed by atoms with Crippen LogP contribution in [0.15, 0.2) is 48.7 Å². The summed E-state index contributed by atoms with van der Waals surface area (Å²) in [5, 5.41) is 7.30. The van der Waals surface area contributed by atoms with Crippen LogP contribution in [0.2, 0.25) is 0 Å². The lowest BCUT2D eigenvalue weighted by Gasteiger charge is -2.28. The van der Waals surface area contributed by atoms with E-state index in [4.69, 9.17) is 17.0 Å². The quantitative estimate of drug-likeness (QED) is 0.336. The summed E-state index contributed by atoms with van der Waals surface area (Å²) in [6.07, 6.45) is 3.24. The molecule has 9 heteroatoms. The second-order valence-corrected chi connectivity index (χ2v) is 11.6. The van der Waals surface area contributed by atoms with E-state index in [0.717, 1.165) is 68.3 Å². The van der Waals surface area contributed by atoms with E-state index in [1.807, 2.05) is 50.4 Å². The van der Waals surface area contributed by atoms with Crippen molar-refractivity contribution < 1.29 is 9.53 Å². The van der Waals surface area contributed by atoms with Gasteiger partial charge >= 0.3 is 0 Å². The third-order valence-corrected chi connectivity index (χ3v) is 8.69. The first-order valence-electron chi connectivity index (χ1n) is 14.6. The molecule has 2 atom stereocenters. The Hall–Kier alpha value is -3.27. The number of aryl methyl sites for hydroxylation is 3. The van der Waals surface area contributed by atoms with E-state index in [2.05, 4.69) is 56.0 Å². The Morgan fingerprint density at radius 3 is 2.63 bits per heavy atom. The van der Waals surface area contributed by atoms with Gasteiger partial charge in [0.15, 0.2) is 5.11 Å². The average molecular weight is 575 g/mol. The number of nitrogens with zero attached hydrogens (tertiary/aromatic N) is 4. The van der Waals surface area contributed by atoms with Crippen molar-refractivity contribution in [3.63, 3.8) is 0 Å². The number of pyridine rings is 1. The summed E-state index contributed by atoms with van der Waals surface area (Å²) in [6.45, 7) is 14.7. The highest BCUT2D eigenvalue weighted by atomic mass is 32.1. The van der Waals surface area contributed by atoms with Gasteiger partial charge in [-0.05, 0) is 87.3 Å². The van der Waals surface area contributed by atoms with Crippen molar-refractivity contribution in [2.75, 3.05) is 44.7 Å². The number of hydrogen-bond donors (Lipinski definition) is 2. The topological polar surface area (TPSA) is 74.7 Å². The van der Waals surface area contributed by atoms with Crippen LogP contribution in [0.1, 0.15) is 58.7 Å². The number of morpholine rings is 1. The van der Waals surface area contributed by atoms with Crippen LogP contribution in [0.5, 0.6) is 0 Å². The number of ether oxygens (including phenoxy) is 1. The Labute approximate surface area is 249 Å². The molecule has 3 aromatic rings. The van der Waals surface area contributed by atoms with Crippen molar-refractivity contribution in [3.05, 3.63) is 82.4 Å². The molecule has 218 valence electrons. The fourth-order valence-corrected chi connectivity index (χ4v) is 6.37. The maximum atomic E-state index is 13.1. The Balaban J connectivity index is 1.35. The van der Waals surface area contributed by atoms with E-state index in [0.29, 0.717) is 18.1 Å². The minimum atomic E-state index is -0.104. The maximum Gasteiger partial charge on any atom is 0.226 e. The van der Waals surface area contributed by atoms with Crippen molar-refractivity contribution in [2.45, 2.75) is 59.2 Å². The van der Waals surface area contributed by atoms with E-state index in [-0.39, 0.29) is 18.0 Å². The van der Waals surface area contributed by atoms with Crippen LogP contribution in [0.25, 0.3) is 0 Å². The predicted octanol–water partition coefficient (Wildman–Crippen LogP) is 4.84. The zero-order chi connectivity index (χ0) is 28.9. The SMILES string of the molecule is Cc1ccc(C)c(NC(=O)CCN2C(=S)N[C@H](c3ccccn3)[C@@H]2c2cc(C)n(CCCN3CCOCC3)c2C)c1. The summed E-state index contributed by atoms with van der Waals surface area (Å²) in [5.41, 5.74) is 7.69. The highest BCUT2D eigenvalue weighted by Gasteiger charge is 2.41. The molecule has 2 aromatic heterocycles. The number of rotatable bonds is 10. The lowest BCUT2D eigenvalue weighted by Crippen LogP contribution is -2.37. The molecule has 2 aliphatic heterocycles. The maximum absolute atomic E-state index is 13.1. The number of thiocarbonyl (C=S) groups is 1. The van der Waals surface area contributed by atoms with Gasteiger partial charge in [0.25, 0.3) is 0 Å². The van der Waals surface area contributed by atoms with Crippen LogP contribution in [-0.2, 0) is 16.1 Å². The molecule has 0 spiro atoms. The Bertz CT molecular complexity index is 1370. The van der Waals surface area contributed by atoms with E-state index in [1.165, 1.54) is 17.0 Å². The molecule has 0 aliphatic carbocycles. The number of carbonyl (C=O) groups is 1. The van der Waals surface area contributed by atoms with E-state index in [9.17, 15) is 4.79 Å². The summed E-state index contributed by atoms with van der Waals surface area (Å²) in [5.74, 6) is -0.0184. The first-order chi connectivity index (χ1) is 19.8. The van der Waals surface area contributed by atoms with Crippen LogP contribution < -0.4 is 10.6 Å². The molecule has 0 unspecified atom stereocenters. The van der Waals surface area contributed by atoms with Gasteiger partial charge in [-0.15, -0.1) is 0 Å². The molecule has 0 bridgehead atoms. The van der Waals surface area contributed by atoms with Gasteiger partial charge in [-0.3, -0.25) is 14.7 Å². The summed E-state index contributed by atoms with van der Waals surface area (Å²) in [4.78, 5) is 22.4. The van der Waals surface area contributed by atoms with Crippen molar-refractivity contribution in [3.8, 4) is 0 Å². The summed E-state index contributed by atoms with van der Waals surface area (Å²) >= 11 is 5.87. The molecule has 1 aromatic carbocycles. The Morgan fingerprint density at radius 1 is 1.07 bits per heavy atom. The Morgan fingerprint density at radius 2 is 1.88 bits per heavy atom. The zero-order valence-corrected chi connectivity index (χ0v) is 25.5. The van der Waals surface area contributed by atoms with Crippen LogP contribution >= 0.6 is 12.2 Å². The van der Waals surface area contributed by atoms with E-state index < -0.39 is 0 Å². The van der Waals surface area contributed by atoms with Crippen LogP contribution in [0, 0.1) is 27.7 Å². The van der Waals surface area contributed by atoms with Gasteiger partial charge in [0.1, 0.15) is 0 Å². The number of carbonyl (C=O) groups excluding carboxylic acids is 1. The number of benzene rings is 1. The van der Waals surface area contributed by atoms with Gasteiger partial charge in [0.2, 0.25) is 5.91 Å². The largest absolute Gasteiger partial charge is 0.379 e. The van der Waals surface area contributed by atoms with Gasteiger partial charge in [-0.25, -0.2) is 0 Å². The molecule has 8 nitrogen and oxygen atoms in total. The molecular formula is C32H42N6O2S. The monoisotopic (exact) mass is 574 g/mol. The van der Waals surface area contributed by atoms with Gasteiger partial charge < -0.3 is 24.8 Å². The van der Waals surface area contributed by atoms with E-state index in [1.54, 1.807) is 0 Å². The van der Waals surface area contributed by atoms with Crippen molar-refractivity contribution in [2.24, 2.45) is 0 Å². The van der Waals surface area contributed by atoms with Gasteiger partial charge in [-0.2, -0.15) is 0 Å². The zero-order valence-electron chi connectivity index (χ0n) is 24.7. The van der Waals surface area contributed by atoms with E-state index >= 15 is 0 Å². The molecule has 2 fully saturated rings. The fourth-order valence-electron chi connectivity index (χ4n) is 6.04. The van der Waals surface area contributed by atoms with Crippen LogP contribution in [0.3, 0.4) is 0 Å². The fraction of sp³-hybridized carbons (Fsp3) is 0.469. The number of amides is 1. The Kier molecular flexibility index (Phi) is 9.37. The first kappa shape index (κ1) is 29.2. The predicted molar refractivity (Wildman–Crippen MR) is 167 cm³/mol. The lowest BCUT2D eigenvalue weighted by molar-refractivity contribution is -0.116. The first-order valence-corrected chi connectivity index (χ1v) is 15.0. The second kappa shape index (κ2) is 13.1. The third-order valence-electron chi connectivity index (χ3n) is 8.34. The summed E-state index contributed by atoms with van der Waals surface area (Å²) < 4.78 is 7.93. The highest BCUT2D eigenvalue weighted by molar-refractivity contribution is 7.80. The minimum Gasteiger partial charge on any atom is -0.379 e. The average Bonchev–Trinajstić information content (AvgIpc) is 3.45. The molecule has 1 amide bonds. The molecule has 4 heterocycles. The van der Waals surface area contributed by atoms with Crippen LogP contribution in [0.4, 0.5) is 5.69 Å². The van der Waals surface area contributed by atoms with Gasteiger partial charge in [0, 0.05) is 62.4 Å². The third kappa shape index (κ3) is 6.80. The molecule has 5 rings (SSSR count). The minimum absolute atomic E-state index is 0.0184. The number of aromatic nitrogens is 2. The molecule has 0 saturated carbocycles. The second-order valence-electron chi connectivity index (χ2n) is 11.2.